The molecule has 1 aliphatic heterocycles. The van der Waals surface area contributed by atoms with E-state index in [2.05, 4.69) is 5.10 Å². The molecule has 1 aromatic carbocycles. The van der Waals surface area contributed by atoms with Crippen molar-refractivity contribution in [3.8, 4) is 0 Å². The van der Waals surface area contributed by atoms with Gasteiger partial charge in [0.1, 0.15) is 0 Å². The van der Waals surface area contributed by atoms with Gasteiger partial charge < -0.3 is 5.73 Å². The molecule has 0 bridgehead atoms. The van der Waals surface area contributed by atoms with Crippen molar-refractivity contribution in [1.82, 2.24) is 14.7 Å². The van der Waals surface area contributed by atoms with E-state index >= 15 is 0 Å². The topological polar surface area (TPSA) is 81.2 Å². The van der Waals surface area contributed by atoms with Gasteiger partial charge in [-0.15, -0.1) is 0 Å². The van der Waals surface area contributed by atoms with Gasteiger partial charge in [0.05, 0.1) is 23.4 Å². The summed E-state index contributed by atoms with van der Waals surface area (Å²) < 4.78 is 1.76. The fraction of sp³-hybridized carbons (Fsp3) is 0.267. The Bertz CT molecular complexity index is 735. The van der Waals surface area contributed by atoms with Crippen molar-refractivity contribution in [1.29, 1.82) is 0 Å². The molecule has 108 valence electrons. The summed E-state index contributed by atoms with van der Waals surface area (Å²) in [6.07, 6.45) is 3.53. The molecule has 0 spiro atoms. The van der Waals surface area contributed by atoms with Crippen molar-refractivity contribution in [3.05, 3.63) is 47.3 Å². The van der Waals surface area contributed by atoms with Gasteiger partial charge in [0, 0.05) is 24.0 Å². The van der Waals surface area contributed by atoms with Crippen LogP contribution in [-0.4, -0.2) is 26.5 Å². The standard InChI is InChI=1S/C15H16N4O2/c1-3-18-8-10(7-17-18)9(2)19-14(20)11-5-4-6-12(16)13(11)15(19)21/h4-9H,3,16H2,1-2H3. The smallest absolute Gasteiger partial charge is 0.264 e. The number of hydrogen-bond donors (Lipinski definition) is 1. The zero-order valence-corrected chi connectivity index (χ0v) is 11.9. The average Bonchev–Trinajstić information content (AvgIpc) is 3.04. The third-order valence-electron chi connectivity index (χ3n) is 3.83. The SMILES string of the molecule is CCn1cc(C(C)N2C(=O)c3cccc(N)c3C2=O)cn1. The molecule has 0 radical (unpaired) electrons. The van der Waals surface area contributed by atoms with Gasteiger partial charge in [-0.05, 0) is 26.0 Å². The highest BCUT2D eigenvalue weighted by molar-refractivity contribution is 6.23. The van der Waals surface area contributed by atoms with Crippen molar-refractivity contribution in [3.63, 3.8) is 0 Å². The van der Waals surface area contributed by atoms with E-state index in [9.17, 15) is 9.59 Å². The minimum Gasteiger partial charge on any atom is -0.398 e. The zero-order chi connectivity index (χ0) is 15.1. The molecule has 1 aliphatic rings. The van der Waals surface area contributed by atoms with E-state index in [0.29, 0.717) is 16.8 Å². The van der Waals surface area contributed by atoms with Crippen LogP contribution in [-0.2, 0) is 6.54 Å². The molecule has 2 amide bonds. The maximum atomic E-state index is 12.5. The van der Waals surface area contributed by atoms with Crippen LogP contribution in [0.4, 0.5) is 5.69 Å². The third-order valence-corrected chi connectivity index (χ3v) is 3.83. The molecular formula is C15H16N4O2. The number of amides is 2. The second kappa shape index (κ2) is 4.73. The lowest BCUT2D eigenvalue weighted by Crippen LogP contribution is -2.32. The van der Waals surface area contributed by atoms with E-state index in [1.54, 1.807) is 29.1 Å². The first-order valence-corrected chi connectivity index (χ1v) is 6.83. The maximum Gasteiger partial charge on any atom is 0.264 e. The molecule has 2 heterocycles. The van der Waals surface area contributed by atoms with Gasteiger partial charge in [-0.1, -0.05) is 6.07 Å². The van der Waals surface area contributed by atoms with Crippen LogP contribution in [0, 0.1) is 0 Å². The number of aromatic nitrogens is 2. The highest BCUT2D eigenvalue weighted by Crippen LogP contribution is 2.33. The molecular weight excluding hydrogens is 268 g/mol. The van der Waals surface area contributed by atoms with Crippen molar-refractivity contribution >= 4 is 17.5 Å². The summed E-state index contributed by atoms with van der Waals surface area (Å²) >= 11 is 0. The number of aryl methyl sites for hydroxylation is 1. The van der Waals surface area contributed by atoms with Gasteiger partial charge in [-0.3, -0.25) is 19.2 Å². The van der Waals surface area contributed by atoms with Crippen LogP contribution in [0.1, 0.15) is 46.2 Å². The normalized spacial score (nSPS) is 15.4. The number of carbonyl (C=O) groups excluding carboxylic acids is 2. The van der Waals surface area contributed by atoms with Crippen LogP contribution in [0.2, 0.25) is 0 Å². The molecule has 6 heteroatoms. The first-order chi connectivity index (χ1) is 10.0. The van der Waals surface area contributed by atoms with Gasteiger partial charge in [0.25, 0.3) is 11.8 Å². The van der Waals surface area contributed by atoms with Crippen LogP contribution >= 0.6 is 0 Å². The highest BCUT2D eigenvalue weighted by atomic mass is 16.2. The summed E-state index contributed by atoms with van der Waals surface area (Å²) in [4.78, 5) is 26.2. The average molecular weight is 284 g/mol. The molecule has 2 N–H and O–H groups in total. The van der Waals surface area contributed by atoms with Crippen molar-refractivity contribution in [2.45, 2.75) is 26.4 Å². The van der Waals surface area contributed by atoms with Crippen LogP contribution in [0.25, 0.3) is 0 Å². The number of imide groups is 1. The van der Waals surface area contributed by atoms with Gasteiger partial charge >= 0.3 is 0 Å². The molecule has 0 fully saturated rings. The molecule has 3 rings (SSSR count). The van der Waals surface area contributed by atoms with E-state index in [0.717, 1.165) is 12.1 Å². The number of rotatable bonds is 3. The summed E-state index contributed by atoms with van der Waals surface area (Å²) in [5.74, 6) is -0.649. The zero-order valence-electron chi connectivity index (χ0n) is 11.9. The first-order valence-electron chi connectivity index (χ1n) is 6.83. The number of carbonyl (C=O) groups is 2. The van der Waals surface area contributed by atoms with E-state index in [1.807, 2.05) is 20.0 Å². The number of nitrogens with zero attached hydrogens (tertiary/aromatic N) is 3. The Morgan fingerprint density at radius 3 is 2.67 bits per heavy atom. The van der Waals surface area contributed by atoms with E-state index < -0.39 is 0 Å². The summed E-state index contributed by atoms with van der Waals surface area (Å²) in [5.41, 5.74) is 7.67. The number of nitrogens with two attached hydrogens (primary N) is 1. The molecule has 2 aromatic rings. The number of anilines is 1. The van der Waals surface area contributed by atoms with Gasteiger partial charge in [0.15, 0.2) is 0 Å². The molecule has 0 saturated heterocycles. The monoisotopic (exact) mass is 284 g/mol. The molecule has 1 atom stereocenters. The second-order valence-corrected chi connectivity index (χ2v) is 5.06. The fourth-order valence-corrected chi connectivity index (χ4v) is 2.60. The second-order valence-electron chi connectivity index (χ2n) is 5.06. The Kier molecular flexibility index (Phi) is 3.01. The number of nitrogen functional groups attached to an aromatic ring is 1. The summed E-state index contributed by atoms with van der Waals surface area (Å²) in [6, 6.07) is 4.57. The van der Waals surface area contributed by atoms with Gasteiger partial charge in [0.2, 0.25) is 0 Å². The molecule has 1 unspecified atom stereocenters. The van der Waals surface area contributed by atoms with Crippen LogP contribution in [0.15, 0.2) is 30.6 Å². The predicted molar refractivity (Wildman–Crippen MR) is 77.7 cm³/mol. The lowest BCUT2D eigenvalue weighted by Gasteiger charge is -2.21. The summed E-state index contributed by atoms with van der Waals surface area (Å²) in [5, 5.41) is 4.19. The minimum absolute atomic E-state index is 0.303. The maximum absolute atomic E-state index is 12.5. The fourth-order valence-electron chi connectivity index (χ4n) is 2.60. The number of benzene rings is 1. The summed E-state index contributed by atoms with van der Waals surface area (Å²) in [6.45, 7) is 4.53. The third kappa shape index (κ3) is 1.91. The quantitative estimate of drug-likeness (QED) is 0.689. The summed E-state index contributed by atoms with van der Waals surface area (Å²) in [7, 11) is 0. The highest BCUT2D eigenvalue weighted by Gasteiger charge is 2.40. The number of fused-ring (bicyclic) bond motifs is 1. The molecule has 0 saturated carbocycles. The van der Waals surface area contributed by atoms with Crippen LogP contribution < -0.4 is 5.73 Å². The lowest BCUT2D eigenvalue weighted by molar-refractivity contribution is 0.0595. The van der Waals surface area contributed by atoms with Crippen LogP contribution in [0.3, 0.4) is 0 Å². The Labute approximate surface area is 122 Å². The molecule has 0 aliphatic carbocycles. The lowest BCUT2D eigenvalue weighted by atomic mass is 10.1. The van der Waals surface area contributed by atoms with E-state index in [1.165, 1.54) is 4.90 Å². The van der Waals surface area contributed by atoms with Gasteiger partial charge in [-0.2, -0.15) is 5.10 Å². The number of hydrogen-bond acceptors (Lipinski definition) is 4. The van der Waals surface area contributed by atoms with E-state index in [-0.39, 0.29) is 17.9 Å². The predicted octanol–water partition coefficient (Wildman–Crippen LogP) is 1.84. The first kappa shape index (κ1) is 13.4. The Morgan fingerprint density at radius 1 is 1.29 bits per heavy atom. The van der Waals surface area contributed by atoms with Crippen molar-refractivity contribution in [2.24, 2.45) is 0 Å². The molecule has 6 nitrogen and oxygen atoms in total. The Hall–Kier alpha value is -2.63. The minimum atomic E-state index is -0.378. The molecule has 1 aromatic heterocycles. The van der Waals surface area contributed by atoms with Crippen molar-refractivity contribution in [2.75, 3.05) is 5.73 Å². The Morgan fingerprint density at radius 2 is 2.05 bits per heavy atom. The Balaban J connectivity index is 1.99. The van der Waals surface area contributed by atoms with E-state index in [4.69, 9.17) is 5.73 Å². The van der Waals surface area contributed by atoms with Gasteiger partial charge in [-0.25, -0.2) is 0 Å². The van der Waals surface area contributed by atoms with Crippen LogP contribution in [0.5, 0.6) is 0 Å². The molecule has 21 heavy (non-hydrogen) atoms. The largest absolute Gasteiger partial charge is 0.398 e. The van der Waals surface area contributed by atoms with Crippen molar-refractivity contribution < 1.29 is 9.59 Å².